The molecule has 88 valence electrons. The van der Waals surface area contributed by atoms with E-state index in [2.05, 4.69) is 19.6 Å². The summed E-state index contributed by atoms with van der Waals surface area (Å²) in [5.41, 5.74) is 0.111. The van der Waals surface area contributed by atoms with Crippen LogP contribution in [0.2, 0.25) is 0 Å². The quantitative estimate of drug-likeness (QED) is 0.735. The highest BCUT2D eigenvalue weighted by Crippen LogP contribution is 2.20. The zero-order valence-corrected chi connectivity index (χ0v) is 9.89. The van der Waals surface area contributed by atoms with E-state index in [4.69, 9.17) is 9.47 Å². The Kier molecular flexibility index (Phi) is 3.24. The molecule has 0 aliphatic carbocycles. The maximum Gasteiger partial charge on any atom is 0.247 e. The number of methoxy groups -OCH3 is 2. The van der Waals surface area contributed by atoms with Crippen molar-refractivity contribution in [3.63, 3.8) is 0 Å². The van der Waals surface area contributed by atoms with Crippen LogP contribution in [0.1, 0.15) is 15.4 Å². The van der Waals surface area contributed by atoms with Crippen LogP contribution in [-0.4, -0.2) is 39.6 Å². The van der Waals surface area contributed by atoms with Gasteiger partial charge in [0, 0.05) is 0 Å². The van der Waals surface area contributed by atoms with Gasteiger partial charge in [0.25, 0.3) is 0 Å². The Morgan fingerprint density at radius 3 is 2.71 bits per heavy atom. The van der Waals surface area contributed by atoms with Gasteiger partial charge in [0.05, 0.1) is 26.6 Å². The van der Waals surface area contributed by atoms with E-state index < -0.39 is 0 Å². The number of ether oxygens (including phenoxy) is 2. The molecule has 7 nitrogen and oxygen atoms in total. The Hall–Kier alpha value is -2.09. The van der Waals surface area contributed by atoms with E-state index in [1.807, 2.05) is 0 Å². The fourth-order valence-corrected chi connectivity index (χ4v) is 1.59. The molecule has 0 radical (unpaired) electrons. The standard InChI is InChI=1S/C9H8N4O3S/c1-15-6-4-10-7(9(12-6)16-2)8(14)5-3-11-13-17-5/h3-4H,1-2H3. The third-order valence-electron chi connectivity index (χ3n) is 1.92. The molecule has 0 saturated carbocycles. The minimum atomic E-state index is -0.327. The van der Waals surface area contributed by atoms with Crippen LogP contribution in [0.15, 0.2) is 12.4 Å². The monoisotopic (exact) mass is 252 g/mol. The first-order valence-electron chi connectivity index (χ1n) is 4.53. The minimum Gasteiger partial charge on any atom is -0.480 e. The molecule has 0 bridgehead atoms. The SMILES string of the molecule is COc1cnc(C(=O)c2cnns2)c(OC)n1. The molecule has 0 aliphatic rings. The zero-order chi connectivity index (χ0) is 12.3. The maximum absolute atomic E-state index is 12.0. The number of nitrogens with zero attached hydrogens (tertiary/aromatic N) is 4. The molecular weight excluding hydrogens is 244 g/mol. The molecule has 0 atom stereocenters. The van der Waals surface area contributed by atoms with Gasteiger partial charge in [-0.1, -0.05) is 4.49 Å². The Labute approximate surface area is 101 Å². The number of carbonyl (C=O) groups is 1. The number of aromatic nitrogens is 4. The van der Waals surface area contributed by atoms with Gasteiger partial charge in [-0.05, 0) is 11.5 Å². The van der Waals surface area contributed by atoms with Crippen molar-refractivity contribution in [1.29, 1.82) is 0 Å². The van der Waals surface area contributed by atoms with Gasteiger partial charge in [-0.15, -0.1) is 5.10 Å². The summed E-state index contributed by atoms with van der Waals surface area (Å²) in [6.07, 6.45) is 2.72. The number of rotatable bonds is 4. The number of hydrogen-bond acceptors (Lipinski definition) is 8. The Morgan fingerprint density at radius 1 is 1.29 bits per heavy atom. The van der Waals surface area contributed by atoms with Crippen molar-refractivity contribution in [2.75, 3.05) is 14.2 Å². The normalized spacial score (nSPS) is 10.0. The maximum atomic E-state index is 12.0. The fourth-order valence-electron chi connectivity index (χ4n) is 1.14. The second-order valence-corrected chi connectivity index (χ2v) is 3.67. The van der Waals surface area contributed by atoms with Crippen LogP contribution in [0, 0.1) is 0 Å². The molecule has 0 amide bonds. The predicted octanol–water partition coefficient (Wildman–Crippen LogP) is 0.576. The topological polar surface area (TPSA) is 87.1 Å². The molecule has 0 unspecified atom stereocenters. The van der Waals surface area contributed by atoms with E-state index in [1.54, 1.807) is 0 Å². The minimum absolute atomic E-state index is 0.111. The van der Waals surface area contributed by atoms with E-state index in [0.29, 0.717) is 4.88 Å². The van der Waals surface area contributed by atoms with Crippen LogP contribution < -0.4 is 9.47 Å². The summed E-state index contributed by atoms with van der Waals surface area (Å²) in [7, 11) is 2.86. The van der Waals surface area contributed by atoms with E-state index in [-0.39, 0.29) is 23.2 Å². The zero-order valence-electron chi connectivity index (χ0n) is 9.08. The highest BCUT2D eigenvalue weighted by atomic mass is 32.1. The van der Waals surface area contributed by atoms with Gasteiger partial charge in [0.15, 0.2) is 5.69 Å². The fraction of sp³-hybridized carbons (Fsp3) is 0.222. The molecule has 0 spiro atoms. The highest BCUT2D eigenvalue weighted by molar-refractivity contribution is 7.08. The van der Waals surface area contributed by atoms with Crippen molar-refractivity contribution in [2.45, 2.75) is 0 Å². The van der Waals surface area contributed by atoms with Crippen LogP contribution in [0.5, 0.6) is 11.8 Å². The first-order chi connectivity index (χ1) is 8.26. The van der Waals surface area contributed by atoms with E-state index in [1.165, 1.54) is 26.6 Å². The van der Waals surface area contributed by atoms with Crippen LogP contribution in [0.25, 0.3) is 0 Å². The first kappa shape index (κ1) is 11.4. The smallest absolute Gasteiger partial charge is 0.247 e. The molecule has 0 fully saturated rings. The molecule has 2 aromatic rings. The summed E-state index contributed by atoms with van der Waals surface area (Å²) in [4.78, 5) is 20.3. The van der Waals surface area contributed by atoms with Gasteiger partial charge in [0.2, 0.25) is 17.5 Å². The van der Waals surface area contributed by atoms with Crippen LogP contribution >= 0.6 is 11.5 Å². The van der Waals surface area contributed by atoms with Gasteiger partial charge in [-0.2, -0.15) is 4.98 Å². The molecule has 8 heteroatoms. The van der Waals surface area contributed by atoms with Crippen molar-refractivity contribution in [3.8, 4) is 11.8 Å². The number of hydrogen-bond donors (Lipinski definition) is 0. The first-order valence-corrected chi connectivity index (χ1v) is 5.30. The third-order valence-corrected chi connectivity index (χ3v) is 2.58. The number of ketones is 1. The summed E-state index contributed by atoms with van der Waals surface area (Å²) in [5, 5.41) is 3.59. The van der Waals surface area contributed by atoms with E-state index in [9.17, 15) is 4.79 Å². The van der Waals surface area contributed by atoms with E-state index >= 15 is 0 Å². The number of carbonyl (C=O) groups excluding carboxylic acids is 1. The van der Waals surface area contributed by atoms with Crippen molar-refractivity contribution in [3.05, 3.63) is 23.0 Å². The van der Waals surface area contributed by atoms with Crippen LogP contribution in [-0.2, 0) is 0 Å². The molecule has 2 heterocycles. The average Bonchev–Trinajstić information content (AvgIpc) is 2.91. The third kappa shape index (κ3) is 2.21. The van der Waals surface area contributed by atoms with Crippen LogP contribution in [0.3, 0.4) is 0 Å². The van der Waals surface area contributed by atoms with Gasteiger partial charge < -0.3 is 9.47 Å². The van der Waals surface area contributed by atoms with Gasteiger partial charge in [-0.3, -0.25) is 4.79 Å². The molecule has 0 aromatic carbocycles. The molecular formula is C9H8N4O3S. The molecule has 17 heavy (non-hydrogen) atoms. The Morgan fingerprint density at radius 2 is 2.12 bits per heavy atom. The second-order valence-electron chi connectivity index (χ2n) is 2.88. The van der Waals surface area contributed by atoms with Crippen molar-refractivity contribution >= 4 is 17.3 Å². The predicted molar refractivity (Wildman–Crippen MR) is 58.5 cm³/mol. The van der Waals surface area contributed by atoms with Crippen molar-refractivity contribution < 1.29 is 14.3 Å². The molecule has 0 aliphatic heterocycles. The van der Waals surface area contributed by atoms with Gasteiger partial charge in [0.1, 0.15) is 4.88 Å². The lowest BCUT2D eigenvalue weighted by atomic mass is 10.2. The Bertz CT molecular complexity index is 529. The highest BCUT2D eigenvalue weighted by Gasteiger charge is 2.20. The summed E-state index contributed by atoms with van der Waals surface area (Å²) in [6, 6.07) is 0. The summed E-state index contributed by atoms with van der Waals surface area (Å²) in [5.74, 6) is 0.0654. The van der Waals surface area contributed by atoms with Crippen molar-refractivity contribution in [2.24, 2.45) is 0 Å². The summed E-state index contributed by atoms with van der Waals surface area (Å²) in [6.45, 7) is 0. The largest absolute Gasteiger partial charge is 0.480 e. The summed E-state index contributed by atoms with van der Waals surface area (Å²) >= 11 is 0.990. The second kappa shape index (κ2) is 4.83. The Balaban J connectivity index is 2.41. The average molecular weight is 252 g/mol. The van der Waals surface area contributed by atoms with Crippen LogP contribution in [0.4, 0.5) is 0 Å². The lowest BCUT2D eigenvalue weighted by Crippen LogP contribution is -2.07. The van der Waals surface area contributed by atoms with Crippen molar-refractivity contribution in [1.82, 2.24) is 19.6 Å². The lowest BCUT2D eigenvalue weighted by molar-refractivity contribution is 0.103. The molecule has 0 saturated heterocycles. The van der Waals surface area contributed by atoms with Gasteiger partial charge >= 0.3 is 0 Å². The van der Waals surface area contributed by atoms with Gasteiger partial charge in [-0.25, -0.2) is 4.98 Å². The van der Waals surface area contributed by atoms with E-state index in [0.717, 1.165) is 11.5 Å². The molecule has 0 N–H and O–H groups in total. The molecule has 2 aromatic heterocycles. The molecule has 2 rings (SSSR count). The summed E-state index contributed by atoms with van der Waals surface area (Å²) < 4.78 is 13.5. The lowest BCUT2D eigenvalue weighted by Gasteiger charge is -2.05.